The van der Waals surface area contributed by atoms with Crippen LogP contribution in [0, 0.1) is 0 Å². The molecule has 12 heteroatoms. The van der Waals surface area contributed by atoms with Gasteiger partial charge >= 0.3 is 0 Å². The molecule has 4 rings (SSSR count). The van der Waals surface area contributed by atoms with E-state index in [0.717, 1.165) is 51.0 Å². The van der Waals surface area contributed by atoms with Gasteiger partial charge in [0, 0.05) is 50.3 Å². The number of carbonyl (C=O) groups is 2. The SMILES string of the molecule is O=C(CCCCCCC(=O)Nc1ccc(-c2nc(N3CCOCC3)nc(N3CCOCC3)n2)cc1)NO. The van der Waals surface area contributed by atoms with Crippen LogP contribution in [0.3, 0.4) is 0 Å². The topological polar surface area (TPSA) is 142 Å². The number of aromatic nitrogens is 3. The Balaban J connectivity index is 1.36. The molecule has 0 atom stereocenters. The van der Waals surface area contributed by atoms with Gasteiger partial charge in [0.15, 0.2) is 5.82 Å². The molecule has 0 unspecified atom stereocenters. The summed E-state index contributed by atoms with van der Waals surface area (Å²) >= 11 is 0. The van der Waals surface area contributed by atoms with Crippen LogP contribution < -0.4 is 20.6 Å². The molecule has 1 aromatic heterocycles. The Labute approximate surface area is 216 Å². The number of hydrogen-bond acceptors (Lipinski definition) is 10. The van der Waals surface area contributed by atoms with E-state index >= 15 is 0 Å². The molecule has 37 heavy (non-hydrogen) atoms. The van der Waals surface area contributed by atoms with E-state index in [1.807, 2.05) is 24.3 Å². The Morgan fingerprint density at radius 3 is 1.78 bits per heavy atom. The second-order valence-corrected chi connectivity index (χ2v) is 9.03. The molecular weight excluding hydrogens is 478 g/mol. The number of rotatable bonds is 11. The van der Waals surface area contributed by atoms with E-state index in [1.54, 1.807) is 5.48 Å². The monoisotopic (exact) mass is 513 g/mol. The van der Waals surface area contributed by atoms with Crippen molar-refractivity contribution in [1.82, 2.24) is 20.4 Å². The smallest absolute Gasteiger partial charge is 0.243 e. The molecular formula is C25H35N7O5. The van der Waals surface area contributed by atoms with Crippen molar-refractivity contribution in [3.63, 3.8) is 0 Å². The van der Waals surface area contributed by atoms with E-state index < -0.39 is 0 Å². The van der Waals surface area contributed by atoms with Crippen LogP contribution >= 0.6 is 0 Å². The van der Waals surface area contributed by atoms with Crippen molar-refractivity contribution in [2.24, 2.45) is 0 Å². The highest BCUT2D eigenvalue weighted by atomic mass is 16.5. The lowest BCUT2D eigenvalue weighted by atomic mass is 10.1. The predicted octanol–water partition coefficient (Wildman–Crippen LogP) is 2.00. The van der Waals surface area contributed by atoms with E-state index in [-0.39, 0.29) is 18.2 Å². The van der Waals surface area contributed by atoms with Crippen LogP contribution in [0.2, 0.25) is 0 Å². The van der Waals surface area contributed by atoms with Gasteiger partial charge in [0.2, 0.25) is 23.7 Å². The molecule has 2 aliphatic rings. The number of morpholine rings is 2. The number of ether oxygens (including phenoxy) is 2. The van der Waals surface area contributed by atoms with Crippen LogP contribution in [0.15, 0.2) is 24.3 Å². The molecule has 0 spiro atoms. The van der Waals surface area contributed by atoms with Gasteiger partial charge in [-0.15, -0.1) is 0 Å². The highest BCUT2D eigenvalue weighted by Gasteiger charge is 2.21. The van der Waals surface area contributed by atoms with Gasteiger partial charge in [-0.3, -0.25) is 14.8 Å². The normalized spacial score (nSPS) is 15.9. The van der Waals surface area contributed by atoms with Crippen molar-refractivity contribution in [3.05, 3.63) is 24.3 Å². The van der Waals surface area contributed by atoms with Crippen molar-refractivity contribution in [2.75, 3.05) is 67.7 Å². The van der Waals surface area contributed by atoms with Gasteiger partial charge in [0.05, 0.1) is 26.4 Å². The van der Waals surface area contributed by atoms with Gasteiger partial charge in [-0.1, -0.05) is 12.8 Å². The molecule has 3 heterocycles. The van der Waals surface area contributed by atoms with Crippen molar-refractivity contribution in [1.29, 1.82) is 0 Å². The third kappa shape index (κ3) is 8.07. The summed E-state index contributed by atoms with van der Waals surface area (Å²) in [5.41, 5.74) is 3.18. The average molecular weight is 514 g/mol. The van der Waals surface area contributed by atoms with E-state index in [9.17, 15) is 9.59 Å². The zero-order valence-electron chi connectivity index (χ0n) is 21.0. The zero-order valence-corrected chi connectivity index (χ0v) is 21.0. The summed E-state index contributed by atoms with van der Waals surface area (Å²) in [5, 5.41) is 11.4. The molecule has 0 aliphatic carbocycles. The van der Waals surface area contributed by atoms with Crippen LogP contribution in [0.25, 0.3) is 11.4 Å². The van der Waals surface area contributed by atoms with Crippen LogP contribution in [0.5, 0.6) is 0 Å². The number of unbranched alkanes of at least 4 members (excludes halogenated alkanes) is 3. The van der Waals surface area contributed by atoms with E-state index in [4.69, 9.17) is 29.6 Å². The number of amides is 2. The maximum absolute atomic E-state index is 12.3. The van der Waals surface area contributed by atoms with Gasteiger partial charge in [-0.2, -0.15) is 15.0 Å². The van der Waals surface area contributed by atoms with Crippen molar-refractivity contribution < 1.29 is 24.3 Å². The number of nitrogens with zero attached hydrogens (tertiary/aromatic N) is 5. The van der Waals surface area contributed by atoms with Gasteiger partial charge in [-0.25, -0.2) is 5.48 Å². The number of hydrogen-bond donors (Lipinski definition) is 3. The molecule has 2 aliphatic heterocycles. The lowest BCUT2D eigenvalue weighted by Crippen LogP contribution is -2.40. The third-order valence-corrected chi connectivity index (χ3v) is 6.31. The van der Waals surface area contributed by atoms with Crippen LogP contribution in [-0.2, 0) is 19.1 Å². The molecule has 2 fully saturated rings. The number of hydroxylamine groups is 1. The van der Waals surface area contributed by atoms with Crippen LogP contribution in [0.4, 0.5) is 17.6 Å². The lowest BCUT2D eigenvalue weighted by molar-refractivity contribution is -0.129. The van der Waals surface area contributed by atoms with Crippen LogP contribution in [-0.4, -0.2) is 84.6 Å². The third-order valence-electron chi connectivity index (χ3n) is 6.31. The van der Waals surface area contributed by atoms with Gasteiger partial charge in [0.25, 0.3) is 0 Å². The minimum absolute atomic E-state index is 0.0507. The van der Waals surface area contributed by atoms with Gasteiger partial charge in [0.1, 0.15) is 0 Å². The van der Waals surface area contributed by atoms with Crippen molar-refractivity contribution in [3.8, 4) is 11.4 Å². The minimum atomic E-state index is -0.381. The summed E-state index contributed by atoms with van der Waals surface area (Å²) < 4.78 is 11.0. The summed E-state index contributed by atoms with van der Waals surface area (Å²) in [4.78, 5) is 41.8. The summed E-state index contributed by atoms with van der Waals surface area (Å²) in [6.07, 6.45) is 3.81. The second-order valence-electron chi connectivity index (χ2n) is 9.03. The molecule has 12 nitrogen and oxygen atoms in total. The Morgan fingerprint density at radius 1 is 0.757 bits per heavy atom. The summed E-state index contributed by atoms with van der Waals surface area (Å²) in [7, 11) is 0. The Bertz CT molecular complexity index is 988. The molecule has 0 bridgehead atoms. The van der Waals surface area contributed by atoms with E-state index in [1.165, 1.54) is 0 Å². The van der Waals surface area contributed by atoms with Gasteiger partial charge < -0.3 is 24.6 Å². The average Bonchev–Trinajstić information content (AvgIpc) is 2.95. The first-order valence-corrected chi connectivity index (χ1v) is 12.9. The molecule has 3 N–H and O–H groups in total. The molecule has 0 saturated carbocycles. The largest absolute Gasteiger partial charge is 0.378 e. The maximum atomic E-state index is 12.3. The Morgan fingerprint density at radius 2 is 1.27 bits per heavy atom. The van der Waals surface area contributed by atoms with Gasteiger partial charge in [-0.05, 0) is 37.1 Å². The molecule has 200 valence electrons. The fourth-order valence-electron chi connectivity index (χ4n) is 4.20. The quantitative estimate of drug-likeness (QED) is 0.232. The molecule has 2 aromatic rings. The summed E-state index contributed by atoms with van der Waals surface area (Å²) in [6, 6.07) is 7.52. The number of carbonyl (C=O) groups excluding carboxylic acids is 2. The highest BCUT2D eigenvalue weighted by molar-refractivity contribution is 5.90. The second kappa shape index (κ2) is 13.8. The standard InChI is InChI=1S/C25H35N7O5/c33-21(5-3-1-2-4-6-22(34)30-35)26-20-9-7-19(8-10-20)23-27-24(31-11-15-36-16-12-31)29-25(28-23)32-13-17-37-18-14-32/h7-10,35H,1-6,11-18H2,(H,26,33)(H,30,34). The summed E-state index contributed by atoms with van der Waals surface area (Å²) in [6.45, 7) is 5.49. The maximum Gasteiger partial charge on any atom is 0.243 e. The molecule has 2 amide bonds. The molecule has 2 saturated heterocycles. The van der Waals surface area contributed by atoms with Crippen molar-refractivity contribution >= 4 is 29.4 Å². The first-order valence-electron chi connectivity index (χ1n) is 12.9. The fourth-order valence-corrected chi connectivity index (χ4v) is 4.20. The van der Waals surface area contributed by atoms with E-state index in [2.05, 4.69) is 15.1 Å². The number of anilines is 3. The lowest BCUT2D eigenvalue weighted by Gasteiger charge is -2.30. The Hall–Kier alpha value is -3.35. The van der Waals surface area contributed by atoms with Crippen LogP contribution in [0.1, 0.15) is 38.5 Å². The molecule has 0 radical (unpaired) electrons. The predicted molar refractivity (Wildman–Crippen MR) is 138 cm³/mol. The van der Waals surface area contributed by atoms with E-state index in [0.29, 0.717) is 62.7 Å². The molecule has 1 aromatic carbocycles. The fraction of sp³-hybridized carbons (Fsp3) is 0.560. The first-order chi connectivity index (χ1) is 18.1. The first kappa shape index (κ1) is 26.7. The summed E-state index contributed by atoms with van der Waals surface area (Å²) in [5.74, 6) is 1.44. The number of nitrogens with one attached hydrogen (secondary N) is 2. The number of benzene rings is 1. The van der Waals surface area contributed by atoms with Crippen molar-refractivity contribution in [2.45, 2.75) is 38.5 Å². The zero-order chi connectivity index (χ0) is 25.9. The minimum Gasteiger partial charge on any atom is -0.378 e. The Kier molecular flexibility index (Phi) is 9.97. The highest BCUT2D eigenvalue weighted by Crippen LogP contribution is 2.24.